The Hall–Kier alpha value is 0.167. The lowest BCUT2D eigenvalue weighted by Crippen LogP contribution is -2.21. The lowest BCUT2D eigenvalue weighted by Gasteiger charge is -2.04. The van der Waals surface area contributed by atoms with Crippen molar-refractivity contribution in [1.82, 2.24) is 0 Å². The molecule has 0 nitrogen and oxygen atoms in total. The fraction of sp³-hybridized carbons (Fsp3) is 0.400. The Kier molecular flexibility index (Phi) is 4.29. The monoisotopic (exact) mass is 290 g/mol. The van der Waals surface area contributed by atoms with Gasteiger partial charge < -0.3 is 0 Å². The van der Waals surface area contributed by atoms with Gasteiger partial charge in [-0.1, -0.05) is 65.1 Å². The van der Waals surface area contributed by atoms with Gasteiger partial charge in [-0.15, -0.1) is 0 Å². The highest BCUT2D eigenvalue weighted by Gasteiger charge is 1.99. The van der Waals surface area contributed by atoms with Gasteiger partial charge in [0.1, 0.15) is 0 Å². The molecule has 0 heterocycles. The highest BCUT2D eigenvalue weighted by atomic mass is 127. The summed E-state index contributed by atoms with van der Waals surface area (Å²) in [6.07, 6.45) is 1.21. The first-order chi connectivity index (χ1) is 5.74. The van der Waals surface area contributed by atoms with Crippen molar-refractivity contribution in [1.29, 1.82) is 0 Å². The first-order valence-electron chi connectivity index (χ1n) is 4.39. The molecule has 1 rings (SSSR count). The number of aryl methyl sites for hydroxylation is 1. The summed E-state index contributed by atoms with van der Waals surface area (Å²) in [6, 6.07) is 9.17. The molecule has 1 aromatic rings. The second-order valence-corrected chi connectivity index (χ2v) is 7.39. The van der Waals surface area contributed by atoms with Crippen LogP contribution in [-0.4, -0.2) is 13.2 Å². The summed E-state index contributed by atoms with van der Waals surface area (Å²) in [7, 11) is -0.571. The van der Waals surface area contributed by atoms with Gasteiger partial charge in [-0.05, 0) is 12.0 Å². The first kappa shape index (κ1) is 10.2. The van der Waals surface area contributed by atoms with Crippen LogP contribution < -0.4 is 5.19 Å². The Balaban J connectivity index is 2.71. The maximum atomic E-state index is 2.42. The van der Waals surface area contributed by atoms with E-state index in [9.17, 15) is 0 Å². The third kappa shape index (κ3) is 2.90. The van der Waals surface area contributed by atoms with Crippen LogP contribution in [0.4, 0.5) is 0 Å². The summed E-state index contributed by atoms with van der Waals surface area (Å²) in [4.78, 5) is 0. The molecule has 2 heteroatoms. The number of alkyl halides is 1. The largest absolute Gasteiger partial charge is 0.0860 e. The molecule has 0 fully saturated rings. The van der Waals surface area contributed by atoms with Crippen LogP contribution in [0.15, 0.2) is 24.3 Å². The molecule has 0 atom stereocenters. The second-order valence-electron chi connectivity index (χ2n) is 3.34. The molecule has 0 unspecified atom stereocenters. The molecule has 0 aliphatic carbocycles. The van der Waals surface area contributed by atoms with Crippen molar-refractivity contribution in [3.63, 3.8) is 0 Å². The molecule has 0 saturated heterocycles. The van der Waals surface area contributed by atoms with Crippen LogP contribution in [0.2, 0.25) is 13.1 Å². The Bertz CT molecular complexity index is 228. The first-order valence-corrected chi connectivity index (χ1v) is 8.80. The van der Waals surface area contributed by atoms with Crippen molar-refractivity contribution >= 4 is 36.6 Å². The van der Waals surface area contributed by atoms with Gasteiger partial charge in [0, 0.05) is 4.43 Å². The molecule has 0 amide bonds. The zero-order chi connectivity index (χ0) is 8.97. The molecule has 0 aliphatic heterocycles. The topological polar surface area (TPSA) is 0 Å². The predicted molar refractivity (Wildman–Crippen MR) is 67.5 cm³/mol. The highest BCUT2D eigenvalue weighted by molar-refractivity contribution is 14.1. The minimum atomic E-state index is -0.571. The molecular formula is C10H15ISi. The molecule has 1 aromatic carbocycles. The number of rotatable bonds is 3. The minimum absolute atomic E-state index is 0.571. The maximum absolute atomic E-state index is 2.42. The average molecular weight is 290 g/mol. The van der Waals surface area contributed by atoms with Gasteiger partial charge in [-0.3, -0.25) is 0 Å². The summed E-state index contributed by atoms with van der Waals surface area (Å²) in [5, 5.41) is 1.58. The van der Waals surface area contributed by atoms with E-state index in [2.05, 4.69) is 60.0 Å². The molecule has 12 heavy (non-hydrogen) atoms. The van der Waals surface area contributed by atoms with Gasteiger partial charge >= 0.3 is 0 Å². The fourth-order valence-corrected chi connectivity index (χ4v) is 2.76. The zero-order valence-electron chi connectivity index (χ0n) is 7.68. The summed E-state index contributed by atoms with van der Waals surface area (Å²) in [6.45, 7) is 4.74. The number of hydrogen-bond donors (Lipinski definition) is 0. The van der Waals surface area contributed by atoms with Crippen LogP contribution in [0.1, 0.15) is 5.56 Å². The van der Waals surface area contributed by atoms with E-state index in [1.165, 1.54) is 16.4 Å². The van der Waals surface area contributed by atoms with Gasteiger partial charge in [0.2, 0.25) is 0 Å². The molecule has 0 radical (unpaired) electrons. The van der Waals surface area contributed by atoms with Crippen molar-refractivity contribution in [2.45, 2.75) is 19.5 Å². The second kappa shape index (κ2) is 5.02. The lowest BCUT2D eigenvalue weighted by atomic mass is 10.2. The summed E-state index contributed by atoms with van der Waals surface area (Å²) in [5.74, 6) is 0. The summed E-state index contributed by atoms with van der Waals surface area (Å²) >= 11 is 2.42. The van der Waals surface area contributed by atoms with E-state index in [1.807, 2.05) is 0 Å². The minimum Gasteiger partial charge on any atom is -0.0860 e. The van der Waals surface area contributed by atoms with Crippen molar-refractivity contribution in [2.75, 3.05) is 4.43 Å². The zero-order valence-corrected chi connectivity index (χ0v) is 11.0. The molecule has 66 valence electrons. The SMILES string of the molecule is C[SiH](C)c1ccc(CCI)cc1. The fourth-order valence-electron chi connectivity index (χ4n) is 1.18. The molecule has 0 aliphatic rings. The standard InChI is InChI=1S/C10H15ISi/c1-12(2)10-5-3-9(4-6-10)7-8-11/h3-6,12H,7-8H2,1-2H3. The van der Waals surface area contributed by atoms with Crippen LogP contribution in [0, 0.1) is 0 Å². The Morgan fingerprint density at radius 1 is 1.17 bits per heavy atom. The van der Waals surface area contributed by atoms with Crippen molar-refractivity contribution in [3.05, 3.63) is 29.8 Å². The maximum Gasteiger partial charge on any atom is 0.0647 e. The van der Waals surface area contributed by atoms with Crippen LogP contribution in [-0.2, 0) is 6.42 Å². The highest BCUT2D eigenvalue weighted by Crippen LogP contribution is 2.01. The third-order valence-electron chi connectivity index (χ3n) is 2.03. The molecule has 0 bridgehead atoms. The van der Waals surface area contributed by atoms with Crippen molar-refractivity contribution < 1.29 is 0 Å². The molecule has 0 N–H and O–H groups in total. The molecule has 0 saturated carbocycles. The Morgan fingerprint density at radius 2 is 1.75 bits per heavy atom. The Morgan fingerprint density at radius 3 is 2.17 bits per heavy atom. The van der Waals surface area contributed by atoms with E-state index in [1.54, 1.807) is 5.19 Å². The van der Waals surface area contributed by atoms with E-state index in [0.717, 1.165) is 0 Å². The van der Waals surface area contributed by atoms with Crippen LogP contribution in [0.5, 0.6) is 0 Å². The van der Waals surface area contributed by atoms with Crippen LogP contribution in [0.25, 0.3) is 0 Å². The van der Waals surface area contributed by atoms with E-state index < -0.39 is 8.80 Å². The van der Waals surface area contributed by atoms with Crippen LogP contribution >= 0.6 is 22.6 Å². The number of benzene rings is 1. The quantitative estimate of drug-likeness (QED) is 0.455. The lowest BCUT2D eigenvalue weighted by molar-refractivity contribution is 1.18. The molecule has 0 aromatic heterocycles. The van der Waals surface area contributed by atoms with E-state index >= 15 is 0 Å². The molecule has 0 spiro atoms. The summed E-state index contributed by atoms with van der Waals surface area (Å²) < 4.78 is 1.22. The van der Waals surface area contributed by atoms with E-state index in [0.29, 0.717) is 0 Å². The van der Waals surface area contributed by atoms with Gasteiger partial charge in [0.15, 0.2) is 0 Å². The average Bonchev–Trinajstić information content (AvgIpc) is 2.06. The molecular weight excluding hydrogens is 275 g/mol. The number of halogens is 1. The van der Waals surface area contributed by atoms with E-state index in [-0.39, 0.29) is 0 Å². The normalized spacial score (nSPS) is 10.7. The third-order valence-corrected chi connectivity index (χ3v) is 4.29. The van der Waals surface area contributed by atoms with Crippen molar-refractivity contribution in [3.8, 4) is 0 Å². The number of hydrogen-bond acceptors (Lipinski definition) is 0. The predicted octanol–water partition coefficient (Wildman–Crippen LogP) is 2.36. The van der Waals surface area contributed by atoms with Crippen LogP contribution in [0.3, 0.4) is 0 Å². The van der Waals surface area contributed by atoms with Gasteiger partial charge in [0.05, 0.1) is 8.80 Å². The van der Waals surface area contributed by atoms with Gasteiger partial charge in [-0.25, -0.2) is 0 Å². The smallest absolute Gasteiger partial charge is 0.0647 e. The van der Waals surface area contributed by atoms with Crippen molar-refractivity contribution in [2.24, 2.45) is 0 Å². The van der Waals surface area contributed by atoms with E-state index in [4.69, 9.17) is 0 Å². The summed E-state index contributed by atoms with van der Waals surface area (Å²) in [5.41, 5.74) is 1.47. The Labute approximate surface area is 90.1 Å². The van der Waals surface area contributed by atoms with Gasteiger partial charge in [-0.2, -0.15) is 0 Å². The van der Waals surface area contributed by atoms with Gasteiger partial charge in [0.25, 0.3) is 0 Å².